The van der Waals surface area contributed by atoms with E-state index in [0.717, 1.165) is 5.56 Å². The first kappa shape index (κ1) is 19.1. The van der Waals surface area contributed by atoms with Gasteiger partial charge < -0.3 is 15.4 Å². The van der Waals surface area contributed by atoms with Gasteiger partial charge >= 0.3 is 0 Å². The lowest BCUT2D eigenvalue weighted by Gasteiger charge is -2.09. The van der Waals surface area contributed by atoms with Crippen molar-refractivity contribution < 1.29 is 18.7 Å². The van der Waals surface area contributed by atoms with E-state index in [1.165, 1.54) is 12.1 Å². The Hall–Kier alpha value is -3.67. The van der Waals surface area contributed by atoms with E-state index < -0.39 is 11.7 Å². The largest absolute Gasteiger partial charge is 0.484 e. The second-order valence-corrected chi connectivity index (χ2v) is 6.01. The molecule has 0 atom stereocenters. The first-order valence-electron chi connectivity index (χ1n) is 8.71. The second kappa shape index (κ2) is 9.32. The average molecular weight is 378 g/mol. The van der Waals surface area contributed by atoms with E-state index in [1.807, 2.05) is 30.3 Å². The molecule has 3 rings (SSSR count). The zero-order valence-electron chi connectivity index (χ0n) is 15.0. The molecule has 0 aliphatic heterocycles. The number of hydrogen-bond acceptors (Lipinski definition) is 3. The minimum Gasteiger partial charge on any atom is -0.484 e. The second-order valence-electron chi connectivity index (χ2n) is 6.01. The van der Waals surface area contributed by atoms with Crippen LogP contribution in [-0.2, 0) is 11.3 Å². The van der Waals surface area contributed by atoms with Crippen LogP contribution in [0.3, 0.4) is 0 Å². The first-order valence-corrected chi connectivity index (χ1v) is 8.71. The molecule has 0 aromatic heterocycles. The fourth-order valence-electron chi connectivity index (χ4n) is 2.48. The molecule has 0 radical (unpaired) electrons. The van der Waals surface area contributed by atoms with Crippen LogP contribution in [0, 0.1) is 5.82 Å². The first-order chi connectivity index (χ1) is 13.6. The van der Waals surface area contributed by atoms with Crippen molar-refractivity contribution in [1.82, 2.24) is 5.32 Å². The molecule has 0 saturated heterocycles. The Morgan fingerprint density at radius 2 is 1.54 bits per heavy atom. The number of carbonyl (C=O) groups is 2. The number of hydrogen-bond donors (Lipinski definition) is 2. The topological polar surface area (TPSA) is 67.4 Å². The summed E-state index contributed by atoms with van der Waals surface area (Å²) in [6.07, 6.45) is 0. The van der Waals surface area contributed by atoms with E-state index in [1.54, 1.807) is 36.4 Å². The highest BCUT2D eigenvalue weighted by molar-refractivity contribution is 5.94. The van der Waals surface area contributed by atoms with Crippen molar-refractivity contribution in [3.8, 4) is 5.75 Å². The number of carbonyl (C=O) groups excluding carboxylic acids is 2. The maximum Gasteiger partial charge on any atom is 0.262 e. The van der Waals surface area contributed by atoms with Gasteiger partial charge in [0.05, 0.1) is 5.69 Å². The van der Waals surface area contributed by atoms with Crippen LogP contribution in [-0.4, -0.2) is 18.4 Å². The molecule has 0 heterocycles. The molecule has 6 heteroatoms. The van der Waals surface area contributed by atoms with Crippen LogP contribution in [0.4, 0.5) is 10.1 Å². The number of halogens is 1. The minimum absolute atomic E-state index is 0.0986. The van der Waals surface area contributed by atoms with Gasteiger partial charge in [0.2, 0.25) is 0 Å². The lowest BCUT2D eigenvalue weighted by Crippen LogP contribution is -2.23. The van der Waals surface area contributed by atoms with Gasteiger partial charge in [-0.15, -0.1) is 0 Å². The summed E-state index contributed by atoms with van der Waals surface area (Å²) in [6.45, 7) is 0.169. The Morgan fingerprint density at radius 3 is 2.25 bits per heavy atom. The third-order valence-electron chi connectivity index (χ3n) is 3.93. The van der Waals surface area contributed by atoms with Crippen molar-refractivity contribution in [3.63, 3.8) is 0 Å². The van der Waals surface area contributed by atoms with Crippen LogP contribution < -0.4 is 15.4 Å². The molecule has 0 aliphatic carbocycles. The van der Waals surface area contributed by atoms with Gasteiger partial charge in [-0.1, -0.05) is 42.5 Å². The van der Waals surface area contributed by atoms with Crippen molar-refractivity contribution in [2.45, 2.75) is 6.54 Å². The highest BCUT2D eigenvalue weighted by atomic mass is 19.1. The normalized spacial score (nSPS) is 10.2. The van der Waals surface area contributed by atoms with Gasteiger partial charge in [0.15, 0.2) is 6.61 Å². The monoisotopic (exact) mass is 378 g/mol. The van der Waals surface area contributed by atoms with E-state index in [0.29, 0.717) is 17.9 Å². The van der Waals surface area contributed by atoms with Gasteiger partial charge in [0, 0.05) is 12.1 Å². The Morgan fingerprint density at radius 1 is 0.857 bits per heavy atom. The predicted octanol–water partition coefficient (Wildman–Crippen LogP) is 3.77. The molecular formula is C22H19FN2O3. The van der Waals surface area contributed by atoms with Gasteiger partial charge in [-0.2, -0.15) is 0 Å². The summed E-state index contributed by atoms with van der Waals surface area (Å²) in [6, 6.07) is 21.9. The number of nitrogens with one attached hydrogen (secondary N) is 2. The predicted molar refractivity (Wildman–Crippen MR) is 105 cm³/mol. The lowest BCUT2D eigenvalue weighted by atomic mass is 10.2. The molecule has 3 aromatic carbocycles. The van der Waals surface area contributed by atoms with E-state index in [4.69, 9.17) is 4.74 Å². The zero-order chi connectivity index (χ0) is 19.8. The number of anilines is 1. The van der Waals surface area contributed by atoms with Gasteiger partial charge in [-0.3, -0.25) is 9.59 Å². The number of amides is 2. The molecule has 3 aromatic rings. The summed E-state index contributed by atoms with van der Waals surface area (Å²) in [7, 11) is 0. The van der Waals surface area contributed by atoms with Crippen LogP contribution in [0.1, 0.15) is 15.9 Å². The van der Waals surface area contributed by atoms with Crippen molar-refractivity contribution in [2.75, 3.05) is 11.9 Å². The van der Waals surface area contributed by atoms with Crippen molar-refractivity contribution >= 4 is 17.5 Å². The summed E-state index contributed by atoms with van der Waals surface area (Å²) in [5, 5.41) is 5.28. The molecule has 2 N–H and O–H groups in total. The number of rotatable bonds is 7. The summed E-state index contributed by atoms with van der Waals surface area (Å²) < 4.78 is 18.9. The van der Waals surface area contributed by atoms with E-state index in [2.05, 4.69) is 10.6 Å². The molecule has 0 unspecified atom stereocenters. The van der Waals surface area contributed by atoms with E-state index in [9.17, 15) is 14.0 Å². The number of benzene rings is 3. The molecular weight excluding hydrogens is 359 g/mol. The van der Waals surface area contributed by atoms with Crippen LogP contribution >= 0.6 is 0 Å². The van der Waals surface area contributed by atoms with E-state index >= 15 is 0 Å². The molecule has 0 bridgehead atoms. The molecule has 0 fully saturated rings. The van der Waals surface area contributed by atoms with Gasteiger partial charge in [-0.25, -0.2) is 4.39 Å². The Bertz CT molecular complexity index is 944. The number of ether oxygens (including phenoxy) is 1. The minimum atomic E-state index is -0.512. The fraction of sp³-hybridized carbons (Fsp3) is 0.0909. The summed E-state index contributed by atoms with van der Waals surface area (Å²) in [5.41, 5.74) is 1.59. The lowest BCUT2D eigenvalue weighted by molar-refractivity contribution is -0.118. The molecule has 0 aliphatic rings. The van der Waals surface area contributed by atoms with Gasteiger partial charge in [0.25, 0.3) is 11.8 Å². The third kappa shape index (κ3) is 5.41. The molecule has 142 valence electrons. The quantitative estimate of drug-likeness (QED) is 0.658. The standard InChI is InChI=1S/C22H19FN2O3/c23-19-8-4-5-9-20(19)25-21(26)15-28-18-12-10-17(11-13-18)22(27)24-14-16-6-2-1-3-7-16/h1-13H,14-15H2,(H,24,27)(H,25,26). The highest BCUT2D eigenvalue weighted by Crippen LogP contribution is 2.14. The fourth-order valence-corrected chi connectivity index (χ4v) is 2.48. The number of para-hydroxylation sites is 1. The SMILES string of the molecule is O=C(COc1ccc(C(=O)NCc2ccccc2)cc1)Nc1ccccc1F. The Kier molecular flexibility index (Phi) is 6.36. The molecule has 28 heavy (non-hydrogen) atoms. The molecule has 2 amide bonds. The van der Waals surface area contributed by atoms with Gasteiger partial charge in [-0.05, 0) is 42.0 Å². The van der Waals surface area contributed by atoms with Crippen LogP contribution in [0.2, 0.25) is 0 Å². The smallest absolute Gasteiger partial charge is 0.262 e. The molecule has 0 spiro atoms. The van der Waals surface area contributed by atoms with Crippen LogP contribution in [0.5, 0.6) is 5.75 Å². The third-order valence-corrected chi connectivity index (χ3v) is 3.93. The zero-order valence-corrected chi connectivity index (χ0v) is 15.0. The Balaban J connectivity index is 1.48. The average Bonchev–Trinajstić information content (AvgIpc) is 2.73. The highest BCUT2D eigenvalue weighted by Gasteiger charge is 2.09. The van der Waals surface area contributed by atoms with E-state index in [-0.39, 0.29) is 18.2 Å². The molecule has 0 saturated carbocycles. The summed E-state index contributed by atoms with van der Waals surface area (Å²) in [5.74, 6) is -0.757. The van der Waals surface area contributed by atoms with Crippen LogP contribution in [0.25, 0.3) is 0 Å². The molecule has 5 nitrogen and oxygen atoms in total. The van der Waals surface area contributed by atoms with Crippen LogP contribution in [0.15, 0.2) is 78.9 Å². The Labute approximate surface area is 162 Å². The summed E-state index contributed by atoms with van der Waals surface area (Å²) in [4.78, 5) is 24.0. The van der Waals surface area contributed by atoms with Crippen molar-refractivity contribution in [1.29, 1.82) is 0 Å². The maximum absolute atomic E-state index is 13.5. The van der Waals surface area contributed by atoms with Gasteiger partial charge in [0.1, 0.15) is 11.6 Å². The van der Waals surface area contributed by atoms with Crippen molar-refractivity contribution in [3.05, 3.63) is 95.8 Å². The maximum atomic E-state index is 13.5. The summed E-state index contributed by atoms with van der Waals surface area (Å²) >= 11 is 0. The van der Waals surface area contributed by atoms with Crippen molar-refractivity contribution in [2.24, 2.45) is 0 Å².